The van der Waals surface area contributed by atoms with Crippen LogP contribution in [0.1, 0.15) is 5.56 Å². The molecule has 0 aliphatic heterocycles. The molecule has 6 N–H and O–H groups in total. The van der Waals surface area contributed by atoms with Crippen LogP contribution in [0.15, 0.2) is 6.20 Å². The first kappa shape index (κ1) is 12.9. The molecule has 16 heavy (non-hydrogen) atoms. The number of nitrogens with zero attached hydrogens (tertiary/aromatic N) is 1. The Hall–Kier alpha value is -1.12. The van der Waals surface area contributed by atoms with E-state index in [4.69, 9.17) is 28.8 Å². The summed E-state index contributed by atoms with van der Waals surface area (Å²) in [6.07, 6.45) is 1.58. The minimum Gasteiger partial charge on any atom is -0.480 e. The number of hydrogen-bond donors (Lipinski definition) is 4. The maximum atomic E-state index is 10.5. The first-order valence-corrected chi connectivity index (χ1v) is 5.97. The van der Waals surface area contributed by atoms with Crippen LogP contribution in [0, 0.1) is 4.77 Å². The zero-order chi connectivity index (χ0) is 12.1. The molecule has 0 aliphatic carbocycles. The summed E-state index contributed by atoms with van der Waals surface area (Å²) in [5, 5.41) is 8.57. The highest BCUT2D eigenvalue weighted by Crippen LogP contribution is 2.15. The van der Waals surface area contributed by atoms with Gasteiger partial charge in [-0.1, -0.05) is 0 Å². The van der Waals surface area contributed by atoms with Gasteiger partial charge in [-0.25, -0.2) is 4.98 Å². The van der Waals surface area contributed by atoms with E-state index in [0.29, 0.717) is 22.1 Å². The van der Waals surface area contributed by atoms with Crippen molar-refractivity contribution in [3.05, 3.63) is 16.5 Å². The summed E-state index contributed by atoms with van der Waals surface area (Å²) in [4.78, 5) is 17.1. The molecule has 1 aromatic rings. The van der Waals surface area contributed by atoms with Gasteiger partial charge in [-0.3, -0.25) is 4.79 Å². The number of anilines is 1. The molecule has 0 aromatic carbocycles. The summed E-state index contributed by atoms with van der Waals surface area (Å²) in [6, 6.07) is -0.860. The highest BCUT2D eigenvalue weighted by atomic mass is 32.2. The fourth-order valence-corrected chi connectivity index (χ4v) is 2.04. The average molecular weight is 260 g/mol. The Morgan fingerprint density at radius 2 is 2.44 bits per heavy atom. The van der Waals surface area contributed by atoms with Gasteiger partial charge in [0, 0.05) is 23.3 Å². The molecule has 88 valence electrons. The van der Waals surface area contributed by atoms with E-state index in [1.165, 1.54) is 11.8 Å². The molecular weight excluding hydrogens is 248 g/mol. The number of nitrogens with two attached hydrogens (primary N) is 2. The van der Waals surface area contributed by atoms with Crippen LogP contribution in [0.4, 0.5) is 5.82 Å². The second kappa shape index (κ2) is 5.83. The number of carboxylic acid groups (broad SMARTS) is 1. The van der Waals surface area contributed by atoms with Crippen molar-refractivity contribution >= 4 is 35.8 Å². The Morgan fingerprint density at radius 1 is 1.75 bits per heavy atom. The first-order chi connectivity index (χ1) is 7.50. The maximum absolute atomic E-state index is 10.5. The van der Waals surface area contributed by atoms with Crippen molar-refractivity contribution in [3.63, 3.8) is 0 Å². The molecule has 8 heteroatoms. The number of hydrogen-bond acceptors (Lipinski definition) is 6. The molecule has 0 saturated carbocycles. The fraction of sp³-hybridized carbons (Fsp3) is 0.375. The Morgan fingerprint density at radius 3 is 3.00 bits per heavy atom. The summed E-state index contributed by atoms with van der Waals surface area (Å²) in [6.45, 7) is 0. The van der Waals surface area contributed by atoms with Crippen molar-refractivity contribution in [1.29, 1.82) is 0 Å². The minimum atomic E-state index is -1.01. The van der Waals surface area contributed by atoms with Crippen molar-refractivity contribution in [1.82, 2.24) is 9.97 Å². The molecular formula is C8H12N4O2S2. The van der Waals surface area contributed by atoms with E-state index in [0.717, 1.165) is 5.56 Å². The van der Waals surface area contributed by atoms with E-state index in [-0.39, 0.29) is 0 Å². The lowest BCUT2D eigenvalue weighted by molar-refractivity contribution is -0.137. The SMILES string of the molecule is Nc1[nH]c(=S)ncc1CSC[C@H](N)C(=O)O. The zero-order valence-electron chi connectivity index (χ0n) is 8.34. The first-order valence-electron chi connectivity index (χ1n) is 4.40. The predicted octanol–water partition coefficient (Wildman–Crippen LogP) is 0.366. The van der Waals surface area contributed by atoms with E-state index >= 15 is 0 Å². The van der Waals surface area contributed by atoms with Crippen LogP contribution in [0.3, 0.4) is 0 Å². The van der Waals surface area contributed by atoms with Gasteiger partial charge in [0.05, 0.1) is 0 Å². The molecule has 0 spiro atoms. The summed E-state index contributed by atoms with van der Waals surface area (Å²) < 4.78 is 0.327. The third kappa shape index (κ3) is 3.80. The second-order valence-electron chi connectivity index (χ2n) is 3.09. The number of carboxylic acids is 1. The fourth-order valence-electron chi connectivity index (χ4n) is 0.916. The average Bonchev–Trinajstić information content (AvgIpc) is 2.20. The van der Waals surface area contributed by atoms with Crippen LogP contribution in [-0.2, 0) is 10.5 Å². The van der Waals surface area contributed by atoms with Crippen molar-refractivity contribution in [3.8, 4) is 0 Å². The van der Waals surface area contributed by atoms with Gasteiger partial charge >= 0.3 is 5.97 Å². The maximum Gasteiger partial charge on any atom is 0.321 e. The summed E-state index contributed by atoms with van der Waals surface area (Å²) >= 11 is 6.18. The quantitative estimate of drug-likeness (QED) is 0.565. The van der Waals surface area contributed by atoms with Crippen molar-refractivity contribution in [2.45, 2.75) is 11.8 Å². The third-order valence-corrected chi connectivity index (χ3v) is 3.11. The summed E-state index contributed by atoms with van der Waals surface area (Å²) in [7, 11) is 0. The molecule has 1 heterocycles. The van der Waals surface area contributed by atoms with Gasteiger partial charge < -0.3 is 21.6 Å². The van der Waals surface area contributed by atoms with E-state index < -0.39 is 12.0 Å². The van der Waals surface area contributed by atoms with E-state index in [2.05, 4.69) is 9.97 Å². The van der Waals surface area contributed by atoms with Crippen LogP contribution < -0.4 is 11.5 Å². The molecule has 0 saturated heterocycles. The topological polar surface area (TPSA) is 118 Å². The van der Waals surface area contributed by atoms with Gasteiger partial charge in [0.25, 0.3) is 0 Å². The van der Waals surface area contributed by atoms with Crippen molar-refractivity contribution in [2.75, 3.05) is 11.5 Å². The lowest BCUT2D eigenvalue weighted by Gasteiger charge is -2.07. The smallest absolute Gasteiger partial charge is 0.321 e. The third-order valence-electron chi connectivity index (χ3n) is 1.80. The van der Waals surface area contributed by atoms with Crippen molar-refractivity contribution in [2.24, 2.45) is 5.73 Å². The lowest BCUT2D eigenvalue weighted by Crippen LogP contribution is -2.32. The number of H-pyrrole nitrogens is 1. The standard InChI is InChI=1S/C8H12N4O2S2/c9-5(7(13)14)3-16-2-4-1-11-8(15)12-6(4)10/h1,5H,2-3,9H2,(H,13,14)(H3,10,11,12,15)/t5-/m0/s1. The molecule has 0 radical (unpaired) electrons. The lowest BCUT2D eigenvalue weighted by atomic mass is 10.3. The monoisotopic (exact) mass is 260 g/mol. The molecule has 1 atom stereocenters. The molecule has 1 aromatic heterocycles. The molecule has 0 aliphatic rings. The van der Waals surface area contributed by atoms with Crippen LogP contribution in [0.5, 0.6) is 0 Å². The van der Waals surface area contributed by atoms with Gasteiger partial charge in [0.15, 0.2) is 4.77 Å². The van der Waals surface area contributed by atoms with E-state index in [1.807, 2.05) is 0 Å². The van der Waals surface area contributed by atoms with Crippen LogP contribution >= 0.6 is 24.0 Å². The number of aromatic nitrogens is 2. The van der Waals surface area contributed by atoms with E-state index in [1.54, 1.807) is 6.20 Å². The van der Waals surface area contributed by atoms with E-state index in [9.17, 15) is 4.79 Å². The predicted molar refractivity (Wildman–Crippen MR) is 65.6 cm³/mol. The number of aromatic amines is 1. The second-order valence-corrected chi connectivity index (χ2v) is 4.50. The van der Waals surface area contributed by atoms with Crippen molar-refractivity contribution < 1.29 is 9.90 Å². The van der Waals surface area contributed by atoms with Gasteiger partial charge in [0.2, 0.25) is 0 Å². The molecule has 6 nitrogen and oxygen atoms in total. The summed E-state index contributed by atoms with van der Waals surface area (Å²) in [5.41, 5.74) is 11.8. The Balaban J connectivity index is 2.49. The molecule has 0 amide bonds. The van der Waals surface area contributed by atoms with Gasteiger partial charge in [-0.05, 0) is 12.2 Å². The Labute approximate surface area is 101 Å². The molecule has 0 bridgehead atoms. The highest BCUT2D eigenvalue weighted by molar-refractivity contribution is 7.98. The molecule has 1 rings (SSSR count). The number of thioether (sulfide) groups is 1. The van der Waals surface area contributed by atoms with Gasteiger partial charge in [-0.2, -0.15) is 11.8 Å². The molecule has 0 unspecified atom stereocenters. The van der Waals surface area contributed by atoms with Crippen LogP contribution in [0.25, 0.3) is 0 Å². The number of carbonyl (C=O) groups is 1. The van der Waals surface area contributed by atoms with Crippen LogP contribution in [-0.4, -0.2) is 32.8 Å². The number of nitrogen functional groups attached to an aromatic ring is 1. The van der Waals surface area contributed by atoms with Gasteiger partial charge in [-0.15, -0.1) is 0 Å². The summed E-state index contributed by atoms with van der Waals surface area (Å²) in [5.74, 6) is 0.318. The van der Waals surface area contributed by atoms with Crippen LogP contribution in [0.2, 0.25) is 0 Å². The molecule has 0 fully saturated rings. The van der Waals surface area contributed by atoms with Gasteiger partial charge in [0.1, 0.15) is 11.9 Å². The number of aliphatic carboxylic acids is 1. The Kier molecular flexibility index (Phi) is 4.71. The minimum absolute atomic E-state index is 0.324. The normalized spacial score (nSPS) is 12.3. The largest absolute Gasteiger partial charge is 0.480 e. The number of nitrogens with one attached hydrogen (secondary N) is 1. The highest BCUT2D eigenvalue weighted by Gasteiger charge is 2.11. The number of rotatable bonds is 5. The Bertz CT molecular complexity index is 434. The zero-order valence-corrected chi connectivity index (χ0v) is 9.98.